The van der Waals surface area contributed by atoms with Crippen LogP contribution in [0.4, 0.5) is 5.95 Å². The van der Waals surface area contributed by atoms with E-state index in [1.807, 2.05) is 6.20 Å². The number of amides is 2. The van der Waals surface area contributed by atoms with E-state index in [9.17, 15) is 9.59 Å². The highest BCUT2D eigenvalue weighted by molar-refractivity contribution is 5.95. The van der Waals surface area contributed by atoms with Crippen LogP contribution >= 0.6 is 0 Å². The van der Waals surface area contributed by atoms with Gasteiger partial charge in [0.05, 0.1) is 38.0 Å². The van der Waals surface area contributed by atoms with Gasteiger partial charge in [0.2, 0.25) is 11.9 Å². The number of carbonyl (C=O) groups excluding carboxylic acids is 2. The Labute approximate surface area is 224 Å². The maximum Gasteiger partial charge on any atom is 0.274 e. The first kappa shape index (κ1) is 25.1. The Balaban J connectivity index is 1.12. The number of fused-ring (bicyclic) bond motifs is 4. The standard InChI is InChI=1S/C25H30N10O4/c36-22(16-32-7-9-33(10-8-32)25-27-5-2-6-28-25)34-14-19-21(15-34)39-17-18-13-35(31-30-18)11-12-38-20-3-1-4-26-23(20)24(37)29-19/h1-6,13,19,21H,7-12,14-17H2,(H,29,37)/t19-,21-/m0/s1. The van der Waals surface area contributed by atoms with Crippen molar-refractivity contribution in [1.82, 2.24) is 45.1 Å². The molecule has 204 valence electrons. The lowest BCUT2D eigenvalue weighted by molar-refractivity contribution is -0.132. The Bertz CT molecular complexity index is 1300. The number of anilines is 1. The molecule has 1 N–H and O–H groups in total. The fourth-order valence-electron chi connectivity index (χ4n) is 5.01. The van der Waals surface area contributed by atoms with E-state index in [1.165, 1.54) is 0 Å². The minimum atomic E-state index is -0.415. The first-order valence-corrected chi connectivity index (χ1v) is 13.0. The molecule has 3 aromatic heterocycles. The van der Waals surface area contributed by atoms with Crippen LogP contribution in [0.25, 0.3) is 0 Å². The number of aromatic nitrogens is 6. The second-order valence-electron chi connectivity index (χ2n) is 9.71. The van der Waals surface area contributed by atoms with Crippen LogP contribution < -0.4 is 15.0 Å². The number of nitrogens with zero attached hydrogens (tertiary/aromatic N) is 9. The van der Waals surface area contributed by atoms with Crippen LogP contribution in [-0.2, 0) is 22.7 Å². The Morgan fingerprint density at radius 2 is 1.85 bits per heavy atom. The smallest absolute Gasteiger partial charge is 0.274 e. The van der Waals surface area contributed by atoms with Gasteiger partial charge in [-0.05, 0) is 18.2 Å². The summed E-state index contributed by atoms with van der Waals surface area (Å²) in [6.07, 6.45) is 6.42. The van der Waals surface area contributed by atoms with Gasteiger partial charge in [-0.3, -0.25) is 14.5 Å². The normalized spacial score (nSPS) is 22.3. The van der Waals surface area contributed by atoms with E-state index >= 15 is 0 Å². The molecule has 3 aromatic rings. The quantitative estimate of drug-likeness (QED) is 0.451. The third kappa shape index (κ3) is 5.81. The van der Waals surface area contributed by atoms with Crippen LogP contribution in [0, 0.1) is 0 Å². The zero-order valence-electron chi connectivity index (χ0n) is 21.4. The van der Waals surface area contributed by atoms with Crippen LogP contribution in [0.5, 0.6) is 5.75 Å². The van der Waals surface area contributed by atoms with Gasteiger partial charge in [0.1, 0.15) is 12.3 Å². The highest BCUT2D eigenvalue weighted by atomic mass is 16.5. The summed E-state index contributed by atoms with van der Waals surface area (Å²) in [5.41, 5.74) is 0.863. The lowest BCUT2D eigenvalue weighted by atomic mass is 10.2. The summed E-state index contributed by atoms with van der Waals surface area (Å²) in [5.74, 6) is 0.719. The summed E-state index contributed by atoms with van der Waals surface area (Å²) < 4.78 is 13.7. The van der Waals surface area contributed by atoms with E-state index in [2.05, 4.69) is 40.4 Å². The van der Waals surface area contributed by atoms with Crippen molar-refractivity contribution in [2.45, 2.75) is 25.3 Å². The first-order valence-electron chi connectivity index (χ1n) is 13.0. The SMILES string of the molecule is O=C1N[C@H]2CN(C(=O)CN3CCN(c4ncccn4)CC3)C[C@@H]2OCc2cn(nn2)CCOc2cccnc21. The van der Waals surface area contributed by atoms with Gasteiger partial charge in [0.15, 0.2) is 11.4 Å². The van der Waals surface area contributed by atoms with E-state index in [1.54, 1.807) is 46.4 Å². The Kier molecular flexibility index (Phi) is 7.27. The molecule has 39 heavy (non-hydrogen) atoms. The number of ether oxygens (including phenoxy) is 2. The van der Waals surface area contributed by atoms with Crippen LogP contribution in [0.15, 0.2) is 43.0 Å². The molecular weight excluding hydrogens is 504 g/mol. The number of rotatable bonds is 3. The average molecular weight is 535 g/mol. The highest BCUT2D eigenvalue weighted by Crippen LogP contribution is 2.20. The summed E-state index contributed by atoms with van der Waals surface area (Å²) in [6.45, 7) is 4.94. The fourth-order valence-corrected chi connectivity index (χ4v) is 5.01. The van der Waals surface area contributed by atoms with Gasteiger partial charge in [0, 0.05) is 57.9 Å². The molecule has 0 aromatic carbocycles. The van der Waals surface area contributed by atoms with Gasteiger partial charge >= 0.3 is 0 Å². The Morgan fingerprint density at radius 1 is 1.03 bits per heavy atom. The van der Waals surface area contributed by atoms with E-state index in [0.717, 1.165) is 26.2 Å². The predicted octanol–water partition coefficient (Wildman–Crippen LogP) is -0.796. The highest BCUT2D eigenvalue weighted by Gasteiger charge is 2.38. The molecule has 0 saturated carbocycles. The van der Waals surface area contributed by atoms with Gasteiger partial charge in [0.25, 0.3) is 5.91 Å². The second-order valence-corrected chi connectivity index (χ2v) is 9.71. The summed E-state index contributed by atoms with van der Waals surface area (Å²) in [7, 11) is 0. The van der Waals surface area contributed by atoms with Crippen molar-refractivity contribution < 1.29 is 19.1 Å². The van der Waals surface area contributed by atoms with Gasteiger partial charge in [-0.1, -0.05) is 5.21 Å². The third-order valence-corrected chi connectivity index (χ3v) is 7.10. The van der Waals surface area contributed by atoms with Crippen molar-refractivity contribution in [1.29, 1.82) is 0 Å². The molecule has 0 aliphatic carbocycles. The van der Waals surface area contributed by atoms with E-state index in [0.29, 0.717) is 50.2 Å². The molecule has 0 unspecified atom stereocenters. The van der Waals surface area contributed by atoms with Crippen molar-refractivity contribution in [3.05, 3.63) is 54.4 Å². The summed E-state index contributed by atoms with van der Waals surface area (Å²) in [6, 6.07) is 4.81. The van der Waals surface area contributed by atoms with Crippen molar-refractivity contribution >= 4 is 17.8 Å². The molecule has 3 aliphatic rings. The Hall–Kier alpha value is -4.17. The van der Waals surface area contributed by atoms with Crippen molar-refractivity contribution in [2.75, 3.05) is 57.3 Å². The second kappa shape index (κ2) is 11.3. The molecule has 0 radical (unpaired) electrons. The lowest BCUT2D eigenvalue weighted by Gasteiger charge is -2.34. The summed E-state index contributed by atoms with van der Waals surface area (Å²) in [5, 5.41) is 11.3. The zero-order chi connectivity index (χ0) is 26.6. The zero-order valence-corrected chi connectivity index (χ0v) is 21.4. The predicted molar refractivity (Wildman–Crippen MR) is 137 cm³/mol. The van der Waals surface area contributed by atoms with Gasteiger partial charge in [-0.15, -0.1) is 5.10 Å². The molecule has 6 rings (SSSR count). The maximum atomic E-state index is 13.3. The minimum absolute atomic E-state index is 0.00419. The van der Waals surface area contributed by atoms with Crippen LogP contribution in [0.3, 0.4) is 0 Å². The molecule has 2 bridgehead atoms. The average Bonchev–Trinajstić information content (AvgIpc) is 3.59. The van der Waals surface area contributed by atoms with Crippen molar-refractivity contribution in [3.63, 3.8) is 0 Å². The summed E-state index contributed by atoms with van der Waals surface area (Å²) in [4.78, 5) is 45.4. The first-order chi connectivity index (χ1) is 19.1. The molecule has 14 nitrogen and oxygen atoms in total. The molecule has 3 aliphatic heterocycles. The molecule has 6 heterocycles. The molecule has 2 amide bonds. The maximum absolute atomic E-state index is 13.3. The van der Waals surface area contributed by atoms with E-state index in [-0.39, 0.29) is 24.1 Å². The monoisotopic (exact) mass is 534 g/mol. The number of nitrogens with one attached hydrogen (secondary N) is 1. The molecule has 2 atom stereocenters. The molecular formula is C25H30N10O4. The molecule has 2 fully saturated rings. The molecule has 14 heteroatoms. The minimum Gasteiger partial charge on any atom is -0.489 e. The van der Waals surface area contributed by atoms with Crippen molar-refractivity contribution in [3.8, 4) is 5.75 Å². The van der Waals surface area contributed by atoms with Gasteiger partial charge in [-0.25, -0.2) is 19.6 Å². The molecule has 2 saturated heterocycles. The topological polar surface area (TPSA) is 144 Å². The number of hydrogen-bond donors (Lipinski definition) is 1. The van der Waals surface area contributed by atoms with Crippen LogP contribution in [-0.4, -0.2) is 116 Å². The molecule has 0 spiro atoms. The van der Waals surface area contributed by atoms with Gasteiger partial charge in [-0.2, -0.15) is 0 Å². The van der Waals surface area contributed by atoms with E-state index in [4.69, 9.17) is 9.47 Å². The van der Waals surface area contributed by atoms with Crippen LogP contribution in [0.2, 0.25) is 0 Å². The Morgan fingerprint density at radius 3 is 2.69 bits per heavy atom. The fraction of sp³-hybridized carbons (Fsp3) is 0.480. The number of hydrogen-bond acceptors (Lipinski definition) is 11. The number of likely N-dealkylation sites (tertiary alicyclic amines) is 1. The number of piperazine rings is 1. The van der Waals surface area contributed by atoms with Crippen molar-refractivity contribution in [2.24, 2.45) is 0 Å². The largest absolute Gasteiger partial charge is 0.489 e. The van der Waals surface area contributed by atoms with E-state index < -0.39 is 12.1 Å². The lowest BCUT2D eigenvalue weighted by Crippen LogP contribution is -2.50. The third-order valence-electron chi connectivity index (χ3n) is 7.10. The summed E-state index contributed by atoms with van der Waals surface area (Å²) >= 11 is 0. The van der Waals surface area contributed by atoms with Crippen LogP contribution in [0.1, 0.15) is 16.2 Å². The number of carbonyl (C=O) groups is 2. The van der Waals surface area contributed by atoms with Gasteiger partial charge < -0.3 is 24.6 Å². The number of pyridine rings is 1.